The van der Waals surface area contributed by atoms with Crippen LogP contribution >= 0.6 is 34.8 Å². The van der Waals surface area contributed by atoms with Crippen LogP contribution in [-0.4, -0.2) is 4.98 Å². The number of nitrogens with zero attached hydrogens (tertiary/aromatic N) is 1. The molecule has 4 heteroatoms. The van der Waals surface area contributed by atoms with Crippen LogP contribution in [-0.2, 0) is 3.79 Å². The van der Waals surface area contributed by atoms with Crippen molar-refractivity contribution >= 4 is 34.8 Å². The zero-order valence-corrected chi connectivity index (χ0v) is 8.08. The number of aromatic nitrogens is 1. The Morgan fingerprint density at radius 3 is 2.36 bits per heavy atom. The molecular weight excluding hydrogens is 204 g/mol. The molecule has 0 unspecified atom stereocenters. The molecule has 11 heavy (non-hydrogen) atoms. The Morgan fingerprint density at radius 2 is 2.00 bits per heavy atom. The Hall–Kier alpha value is 0.0200. The van der Waals surface area contributed by atoms with Crippen LogP contribution in [0.25, 0.3) is 0 Å². The van der Waals surface area contributed by atoms with E-state index in [1.54, 1.807) is 18.3 Å². The average Bonchev–Trinajstić information content (AvgIpc) is 1.86. The summed E-state index contributed by atoms with van der Waals surface area (Å²) in [6.45, 7) is 1.85. The van der Waals surface area contributed by atoms with E-state index in [1.807, 2.05) is 6.92 Å². The van der Waals surface area contributed by atoms with E-state index < -0.39 is 3.79 Å². The molecular formula is C7H6Cl3N. The number of hydrogen-bond acceptors (Lipinski definition) is 1. The molecule has 0 aliphatic carbocycles. The molecule has 0 aromatic carbocycles. The lowest BCUT2D eigenvalue weighted by molar-refractivity contribution is 1.13. The summed E-state index contributed by atoms with van der Waals surface area (Å²) >= 11 is 16.9. The van der Waals surface area contributed by atoms with Gasteiger partial charge in [-0.3, -0.25) is 4.98 Å². The van der Waals surface area contributed by atoms with Crippen LogP contribution in [0, 0.1) is 6.92 Å². The Kier molecular flexibility index (Phi) is 2.63. The molecule has 1 nitrogen and oxygen atoms in total. The summed E-state index contributed by atoms with van der Waals surface area (Å²) in [6, 6.07) is 3.42. The smallest absolute Gasteiger partial charge is 0.216 e. The molecule has 60 valence electrons. The van der Waals surface area contributed by atoms with E-state index in [4.69, 9.17) is 34.8 Å². The van der Waals surface area contributed by atoms with Gasteiger partial charge in [-0.1, -0.05) is 34.8 Å². The fourth-order valence-electron chi connectivity index (χ4n) is 0.722. The second-order valence-electron chi connectivity index (χ2n) is 2.18. The predicted octanol–water partition coefficient (Wildman–Crippen LogP) is 3.22. The molecule has 0 aliphatic heterocycles. The lowest BCUT2D eigenvalue weighted by atomic mass is 10.2. The van der Waals surface area contributed by atoms with Gasteiger partial charge in [0.05, 0.1) is 0 Å². The van der Waals surface area contributed by atoms with Gasteiger partial charge in [0.25, 0.3) is 0 Å². The van der Waals surface area contributed by atoms with Crippen molar-refractivity contribution in [2.75, 3.05) is 0 Å². The molecule has 0 atom stereocenters. The van der Waals surface area contributed by atoms with Gasteiger partial charge in [0, 0.05) is 17.5 Å². The molecule has 0 aliphatic rings. The van der Waals surface area contributed by atoms with Crippen LogP contribution in [0.4, 0.5) is 0 Å². The van der Waals surface area contributed by atoms with Crippen LogP contribution in [0.2, 0.25) is 0 Å². The zero-order chi connectivity index (χ0) is 8.48. The van der Waals surface area contributed by atoms with E-state index in [-0.39, 0.29) is 0 Å². The molecule has 1 aromatic rings. The largest absolute Gasteiger partial charge is 0.262 e. The maximum absolute atomic E-state index is 5.63. The average molecular weight is 210 g/mol. The molecule has 0 saturated carbocycles. The number of rotatable bonds is 0. The van der Waals surface area contributed by atoms with Gasteiger partial charge in [-0.2, -0.15) is 0 Å². The lowest BCUT2D eigenvalue weighted by Gasteiger charge is -2.10. The van der Waals surface area contributed by atoms with E-state index in [0.29, 0.717) is 5.56 Å². The summed E-state index contributed by atoms with van der Waals surface area (Å²) in [6.07, 6.45) is 1.62. The molecule has 0 saturated heterocycles. The van der Waals surface area contributed by atoms with Gasteiger partial charge in [-0.15, -0.1) is 0 Å². The molecule has 1 rings (SSSR count). The van der Waals surface area contributed by atoms with Crippen molar-refractivity contribution < 1.29 is 0 Å². The lowest BCUT2D eigenvalue weighted by Crippen LogP contribution is -2.00. The fourth-order valence-corrected chi connectivity index (χ4v) is 1.07. The summed E-state index contributed by atoms with van der Waals surface area (Å²) in [5, 5.41) is 0. The van der Waals surface area contributed by atoms with Crippen molar-refractivity contribution in [3.05, 3.63) is 29.6 Å². The first-order valence-electron chi connectivity index (χ1n) is 3.00. The maximum atomic E-state index is 5.63. The van der Waals surface area contributed by atoms with Crippen LogP contribution in [0.5, 0.6) is 0 Å². The van der Waals surface area contributed by atoms with Gasteiger partial charge in [-0.25, -0.2) is 0 Å². The van der Waals surface area contributed by atoms with Gasteiger partial charge in [0.2, 0.25) is 3.79 Å². The normalized spacial score (nSPS) is 11.6. The highest BCUT2D eigenvalue weighted by molar-refractivity contribution is 6.66. The van der Waals surface area contributed by atoms with Gasteiger partial charge >= 0.3 is 0 Å². The molecule has 0 N–H and O–H groups in total. The molecule has 0 fully saturated rings. The van der Waals surface area contributed by atoms with Crippen LogP contribution in [0.1, 0.15) is 11.3 Å². The summed E-state index contributed by atoms with van der Waals surface area (Å²) in [7, 11) is 0. The molecule has 0 spiro atoms. The summed E-state index contributed by atoms with van der Waals surface area (Å²) < 4.78 is -1.34. The minimum atomic E-state index is -1.34. The predicted molar refractivity (Wildman–Crippen MR) is 48.2 cm³/mol. The number of hydrogen-bond donors (Lipinski definition) is 0. The van der Waals surface area contributed by atoms with Crippen molar-refractivity contribution in [3.63, 3.8) is 0 Å². The second kappa shape index (κ2) is 3.18. The van der Waals surface area contributed by atoms with E-state index >= 15 is 0 Å². The summed E-state index contributed by atoms with van der Waals surface area (Å²) in [4.78, 5) is 3.98. The number of halogens is 3. The van der Waals surface area contributed by atoms with Crippen molar-refractivity contribution in [2.45, 2.75) is 10.7 Å². The third kappa shape index (κ3) is 2.51. The van der Waals surface area contributed by atoms with E-state index in [0.717, 1.165) is 5.69 Å². The molecule has 0 amide bonds. The summed E-state index contributed by atoms with van der Waals surface area (Å²) in [5.41, 5.74) is 1.49. The molecule has 0 bridgehead atoms. The third-order valence-corrected chi connectivity index (χ3v) is 1.88. The standard InChI is InChI=1S/C7H6Cl3N/c1-5-4-6(2-3-11-5)7(8,9)10/h2-4H,1H3. The van der Waals surface area contributed by atoms with Crippen molar-refractivity contribution in [1.29, 1.82) is 0 Å². The Bertz CT molecular complexity index is 254. The van der Waals surface area contributed by atoms with Crippen LogP contribution in [0.3, 0.4) is 0 Å². The summed E-state index contributed by atoms with van der Waals surface area (Å²) in [5.74, 6) is 0. The van der Waals surface area contributed by atoms with Crippen LogP contribution in [0.15, 0.2) is 18.3 Å². The quantitative estimate of drug-likeness (QED) is 0.599. The maximum Gasteiger partial charge on any atom is 0.216 e. The van der Waals surface area contributed by atoms with Crippen LogP contribution < -0.4 is 0 Å². The van der Waals surface area contributed by atoms with Crippen molar-refractivity contribution in [1.82, 2.24) is 4.98 Å². The second-order valence-corrected chi connectivity index (χ2v) is 4.46. The number of pyridine rings is 1. The Labute approximate surface area is 80.3 Å². The Morgan fingerprint density at radius 1 is 1.36 bits per heavy atom. The van der Waals surface area contributed by atoms with Gasteiger partial charge in [-0.05, 0) is 19.1 Å². The monoisotopic (exact) mass is 209 g/mol. The fraction of sp³-hybridized carbons (Fsp3) is 0.286. The van der Waals surface area contributed by atoms with E-state index in [9.17, 15) is 0 Å². The molecule has 0 radical (unpaired) electrons. The SMILES string of the molecule is Cc1cc(C(Cl)(Cl)Cl)ccn1. The first-order chi connectivity index (χ1) is 5.00. The minimum absolute atomic E-state index is 0.648. The topological polar surface area (TPSA) is 12.9 Å². The van der Waals surface area contributed by atoms with Gasteiger partial charge < -0.3 is 0 Å². The van der Waals surface area contributed by atoms with E-state index in [1.165, 1.54) is 0 Å². The highest BCUT2D eigenvalue weighted by Gasteiger charge is 2.22. The van der Waals surface area contributed by atoms with Gasteiger partial charge in [0.15, 0.2) is 0 Å². The third-order valence-electron chi connectivity index (χ3n) is 1.22. The highest BCUT2D eigenvalue weighted by Crippen LogP contribution is 2.37. The highest BCUT2D eigenvalue weighted by atomic mass is 35.6. The van der Waals surface area contributed by atoms with Gasteiger partial charge in [0.1, 0.15) is 0 Å². The van der Waals surface area contributed by atoms with E-state index in [2.05, 4.69) is 4.98 Å². The minimum Gasteiger partial charge on any atom is -0.262 e. The zero-order valence-electron chi connectivity index (χ0n) is 5.81. The van der Waals surface area contributed by atoms with Crippen molar-refractivity contribution in [3.8, 4) is 0 Å². The number of aryl methyl sites for hydroxylation is 1. The molecule has 1 heterocycles. The van der Waals surface area contributed by atoms with Crippen molar-refractivity contribution in [2.24, 2.45) is 0 Å². The molecule has 1 aromatic heterocycles. The Balaban J connectivity index is 3.06. The first kappa shape index (κ1) is 9.11. The first-order valence-corrected chi connectivity index (χ1v) is 4.13. The number of alkyl halides is 3.